The van der Waals surface area contributed by atoms with Crippen molar-refractivity contribution in [2.45, 2.75) is 77.4 Å². The van der Waals surface area contributed by atoms with Gasteiger partial charge in [-0.25, -0.2) is 0 Å². The Balaban J connectivity index is 1.99. The van der Waals surface area contributed by atoms with Gasteiger partial charge in [0.15, 0.2) is 0 Å². The molecule has 4 heteroatoms. The number of alkyl halides is 1. The van der Waals surface area contributed by atoms with E-state index < -0.39 is 0 Å². The zero-order valence-corrected chi connectivity index (χ0v) is 14.4. The van der Waals surface area contributed by atoms with E-state index in [1.165, 1.54) is 37.8 Å². The molecule has 1 aromatic heterocycles. The van der Waals surface area contributed by atoms with Gasteiger partial charge >= 0.3 is 0 Å². The molecule has 3 nitrogen and oxygen atoms in total. The smallest absolute Gasteiger partial charge is 0.0765 e. The Morgan fingerprint density at radius 3 is 2.62 bits per heavy atom. The van der Waals surface area contributed by atoms with E-state index in [0.717, 1.165) is 25.9 Å². The number of rotatable bonds is 8. The first-order valence-electron chi connectivity index (χ1n) is 8.62. The van der Waals surface area contributed by atoms with Crippen LogP contribution in [0, 0.1) is 0 Å². The summed E-state index contributed by atoms with van der Waals surface area (Å²) in [6.07, 6.45) is 11.2. The summed E-state index contributed by atoms with van der Waals surface area (Å²) in [5.41, 5.74) is 1.19. The van der Waals surface area contributed by atoms with Crippen molar-refractivity contribution in [3.05, 3.63) is 18.0 Å². The molecule has 1 aliphatic rings. The van der Waals surface area contributed by atoms with Gasteiger partial charge in [-0.15, -0.1) is 11.6 Å². The first kappa shape index (κ1) is 16.8. The number of nitrogens with zero attached hydrogens (tertiary/aromatic N) is 3. The van der Waals surface area contributed by atoms with Gasteiger partial charge in [0.05, 0.1) is 11.7 Å². The molecule has 0 spiro atoms. The van der Waals surface area contributed by atoms with Gasteiger partial charge in [0.1, 0.15) is 0 Å². The van der Waals surface area contributed by atoms with E-state index in [4.69, 9.17) is 16.7 Å². The SMILES string of the molecule is CCC(CC)n1ccc(CN(CCCl)C2CCCCC2)n1. The normalized spacial score (nSPS) is 17.0. The van der Waals surface area contributed by atoms with Crippen LogP contribution in [0.25, 0.3) is 0 Å². The molecule has 1 saturated carbocycles. The lowest BCUT2D eigenvalue weighted by Crippen LogP contribution is -2.37. The fourth-order valence-electron chi connectivity index (χ4n) is 3.48. The molecule has 120 valence electrons. The Labute approximate surface area is 134 Å². The molecule has 1 aliphatic carbocycles. The van der Waals surface area contributed by atoms with Crippen LogP contribution >= 0.6 is 11.6 Å². The maximum atomic E-state index is 6.01. The van der Waals surface area contributed by atoms with Crippen LogP contribution in [0.2, 0.25) is 0 Å². The summed E-state index contributed by atoms with van der Waals surface area (Å²) in [5.74, 6) is 0.712. The predicted molar refractivity (Wildman–Crippen MR) is 89.8 cm³/mol. The standard InChI is InChI=1S/C17H30ClN3/c1-3-16(4-2)21-12-10-15(19-21)14-20(13-11-18)17-8-6-5-7-9-17/h10,12,16-17H,3-9,11,13-14H2,1-2H3. The molecular weight excluding hydrogens is 282 g/mol. The summed E-state index contributed by atoms with van der Waals surface area (Å²) in [6.45, 7) is 6.39. The van der Waals surface area contributed by atoms with Gasteiger partial charge in [-0.1, -0.05) is 33.1 Å². The van der Waals surface area contributed by atoms with Crippen molar-refractivity contribution in [2.24, 2.45) is 0 Å². The highest BCUT2D eigenvalue weighted by Gasteiger charge is 2.21. The Kier molecular flexibility index (Phi) is 7.05. The minimum absolute atomic E-state index is 0.537. The molecule has 0 unspecified atom stereocenters. The Bertz CT molecular complexity index is 394. The lowest BCUT2D eigenvalue weighted by molar-refractivity contribution is 0.154. The molecule has 0 N–H and O–H groups in total. The zero-order chi connectivity index (χ0) is 15.1. The van der Waals surface area contributed by atoms with Gasteiger partial charge in [0.2, 0.25) is 0 Å². The third-order valence-corrected chi connectivity index (χ3v) is 4.98. The molecule has 1 fully saturated rings. The van der Waals surface area contributed by atoms with E-state index in [2.05, 4.69) is 35.7 Å². The highest BCUT2D eigenvalue weighted by atomic mass is 35.5. The molecular formula is C17H30ClN3. The average molecular weight is 312 g/mol. The fraction of sp³-hybridized carbons (Fsp3) is 0.824. The summed E-state index contributed by atoms with van der Waals surface area (Å²) >= 11 is 6.01. The van der Waals surface area contributed by atoms with Crippen LogP contribution in [0.5, 0.6) is 0 Å². The summed E-state index contributed by atoms with van der Waals surface area (Å²) in [4.78, 5) is 2.55. The van der Waals surface area contributed by atoms with Crippen molar-refractivity contribution >= 4 is 11.6 Å². The summed E-state index contributed by atoms with van der Waals surface area (Å²) in [6, 6.07) is 3.42. The van der Waals surface area contributed by atoms with Crippen LogP contribution in [0.15, 0.2) is 12.3 Å². The van der Waals surface area contributed by atoms with Crippen molar-refractivity contribution in [3.8, 4) is 0 Å². The Hall–Kier alpha value is -0.540. The second kappa shape index (κ2) is 8.79. The molecule has 1 heterocycles. The van der Waals surface area contributed by atoms with E-state index >= 15 is 0 Å². The molecule has 0 radical (unpaired) electrons. The van der Waals surface area contributed by atoms with Gasteiger partial charge in [-0.2, -0.15) is 5.10 Å². The molecule has 0 saturated heterocycles. The van der Waals surface area contributed by atoms with Crippen LogP contribution in [0.3, 0.4) is 0 Å². The van der Waals surface area contributed by atoms with Crippen molar-refractivity contribution in [3.63, 3.8) is 0 Å². The minimum Gasteiger partial charge on any atom is -0.293 e. The maximum absolute atomic E-state index is 6.01. The van der Waals surface area contributed by atoms with E-state index in [0.29, 0.717) is 18.0 Å². The second-order valence-corrected chi connectivity index (χ2v) is 6.59. The van der Waals surface area contributed by atoms with Crippen LogP contribution in [0.4, 0.5) is 0 Å². The fourth-order valence-corrected chi connectivity index (χ4v) is 3.70. The highest BCUT2D eigenvalue weighted by molar-refractivity contribution is 6.18. The molecule has 2 rings (SSSR count). The summed E-state index contributed by atoms with van der Waals surface area (Å²) in [5, 5.41) is 4.80. The Morgan fingerprint density at radius 1 is 1.29 bits per heavy atom. The van der Waals surface area contributed by atoms with Crippen LogP contribution in [-0.4, -0.2) is 33.1 Å². The second-order valence-electron chi connectivity index (χ2n) is 6.21. The average Bonchev–Trinajstić information content (AvgIpc) is 2.97. The van der Waals surface area contributed by atoms with E-state index in [9.17, 15) is 0 Å². The zero-order valence-electron chi connectivity index (χ0n) is 13.6. The quantitative estimate of drug-likeness (QED) is 0.653. The summed E-state index contributed by atoms with van der Waals surface area (Å²) < 4.78 is 2.15. The Morgan fingerprint density at radius 2 is 2.00 bits per heavy atom. The van der Waals surface area contributed by atoms with Crippen molar-refractivity contribution in [2.75, 3.05) is 12.4 Å². The van der Waals surface area contributed by atoms with E-state index in [1.807, 2.05) is 0 Å². The molecule has 0 aliphatic heterocycles. The monoisotopic (exact) mass is 311 g/mol. The highest BCUT2D eigenvalue weighted by Crippen LogP contribution is 2.24. The van der Waals surface area contributed by atoms with Gasteiger partial charge in [-0.05, 0) is 31.7 Å². The van der Waals surface area contributed by atoms with Gasteiger partial charge < -0.3 is 0 Å². The minimum atomic E-state index is 0.537. The molecule has 21 heavy (non-hydrogen) atoms. The van der Waals surface area contributed by atoms with Crippen molar-refractivity contribution < 1.29 is 0 Å². The third-order valence-electron chi connectivity index (χ3n) is 4.81. The molecule has 0 aromatic carbocycles. The van der Waals surface area contributed by atoms with Crippen LogP contribution < -0.4 is 0 Å². The predicted octanol–water partition coefficient (Wildman–Crippen LogP) is 4.62. The first-order valence-corrected chi connectivity index (χ1v) is 9.16. The maximum Gasteiger partial charge on any atom is 0.0765 e. The number of hydrogen-bond acceptors (Lipinski definition) is 2. The number of halogens is 1. The van der Waals surface area contributed by atoms with E-state index in [1.54, 1.807) is 0 Å². The topological polar surface area (TPSA) is 21.1 Å². The van der Waals surface area contributed by atoms with Crippen LogP contribution in [-0.2, 0) is 6.54 Å². The number of hydrogen-bond donors (Lipinski definition) is 0. The third kappa shape index (κ3) is 4.72. The largest absolute Gasteiger partial charge is 0.293 e. The molecule has 1 aromatic rings. The van der Waals surface area contributed by atoms with Gasteiger partial charge in [0, 0.05) is 31.2 Å². The lowest BCUT2D eigenvalue weighted by atomic mass is 9.94. The van der Waals surface area contributed by atoms with Crippen LogP contribution in [0.1, 0.15) is 70.5 Å². The van der Waals surface area contributed by atoms with E-state index in [-0.39, 0.29) is 0 Å². The lowest BCUT2D eigenvalue weighted by Gasteiger charge is -2.33. The van der Waals surface area contributed by atoms with Crippen molar-refractivity contribution in [1.82, 2.24) is 14.7 Å². The summed E-state index contributed by atoms with van der Waals surface area (Å²) in [7, 11) is 0. The first-order chi connectivity index (χ1) is 10.3. The van der Waals surface area contributed by atoms with Gasteiger partial charge in [0.25, 0.3) is 0 Å². The van der Waals surface area contributed by atoms with Gasteiger partial charge in [-0.3, -0.25) is 9.58 Å². The molecule has 0 bridgehead atoms. The number of aromatic nitrogens is 2. The molecule has 0 amide bonds. The van der Waals surface area contributed by atoms with Crippen molar-refractivity contribution in [1.29, 1.82) is 0 Å². The molecule has 0 atom stereocenters.